The third-order valence-corrected chi connectivity index (χ3v) is 2.28. The molecule has 4 heteroatoms. The molecule has 0 aliphatic heterocycles. The van der Waals surface area contributed by atoms with Gasteiger partial charge in [0.25, 0.3) is 0 Å². The first-order chi connectivity index (χ1) is 7.50. The molecule has 0 saturated carbocycles. The third-order valence-electron chi connectivity index (χ3n) is 2.28. The summed E-state index contributed by atoms with van der Waals surface area (Å²) in [5, 5.41) is 0. The van der Waals surface area contributed by atoms with Crippen LogP contribution in [0.3, 0.4) is 0 Å². The van der Waals surface area contributed by atoms with Gasteiger partial charge >= 0.3 is 5.97 Å². The topological polar surface area (TPSA) is 55.6 Å². The number of aryl methyl sites for hydroxylation is 1. The number of carbonyl (C=O) groups is 1. The van der Waals surface area contributed by atoms with Gasteiger partial charge in [0.15, 0.2) is 0 Å². The van der Waals surface area contributed by atoms with E-state index in [2.05, 4.69) is 0 Å². The average molecular weight is 222 g/mol. The van der Waals surface area contributed by atoms with Crippen LogP contribution in [0.5, 0.6) is 0 Å². The monoisotopic (exact) mass is 222 g/mol. The Balaban J connectivity index is 2.56. The molecular weight excluding hydrogens is 204 g/mol. The molecule has 0 radical (unpaired) electrons. The Kier molecular flexibility index (Phi) is 4.31. The zero-order chi connectivity index (χ0) is 12.1. The zero-order valence-electron chi connectivity index (χ0n) is 9.99. The highest BCUT2D eigenvalue weighted by atomic mass is 16.5. The number of likely N-dealkylation sites (N-methyl/N-ethyl adjacent to an activating group) is 1. The van der Waals surface area contributed by atoms with Gasteiger partial charge in [0.05, 0.1) is 5.56 Å². The minimum atomic E-state index is -0.301. The number of nitrogens with zero attached hydrogens (tertiary/aromatic N) is 1. The first-order valence-corrected chi connectivity index (χ1v) is 5.18. The van der Waals surface area contributed by atoms with E-state index in [9.17, 15) is 4.79 Å². The molecule has 1 rings (SSSR count). The number of nitrogen functional groups attached to an aromatic ring is 1. The average Bonchev–Trinajstić information content (AvgIpc) is 2.21. The Morgan fingerprint density at radius 1 is 1.44 bits per heavy atom. The zero-order valence-corrected chi connectivity index (χ0v) is 9.99. The molecule has 0 spiro atoms. The molecule has 0 aliphatic carbocycles. The first-order valence-electron chi connectivity index (χ1n) is 5.18. The summed E-state index contributed by atoms with van der Waals surface area (Å²) in [6.45, 7) is 2.99. The van der Waals surface area contributed by atoms with Crippen molar-refractivity contribution < 1.29 is 9.53 Å². The minimum absolute atomic E-state index is 0.301. The van der Waals surface area contributed by atoms with Crippen molar-refractivity contribution in [3.05, 3.63) is 29.3 Å². The molecule has 0 aliphatic rings. The van der Waals surface area contributed by atoms with Crippen LogP contribution in [0.25, 0.3) is 0 Å². The maximum absolute atomic E-state index is 11.6. The molecular formula is C12H18N2O2. The lowest BCUT2D eigenvalue weighted by Crippen LogP contribution is -2.20. The fourth-order valence-electron chi connectivity index (χ4n) is 1.21. The van der Waals surface area contributed by atoms with Crippen LogP contribution in [0.2, 0.25) is 0 Å². The molecule has 0 fully saturated rings. The van der Waals surface area contributed by atoms with Gasteiger partial charge in [-0.15, -0.1) is 0 Å². The third kappa shape index (κ3) is 3.55. The highest BCUT2D eigenvalue weighted by molar-refractivity contribution is 5.90. The number of rotatable bonds is 4. The van der Waals surface area contributed by atoms with E-state index >= 15 is 0 Å². The van der Waals surface area contributed by atoms with Crippen molar-refractivity contribution in [2.24, 2.45) is 0 Å². The molecule has 0 atom stereocenters. The predicted octanol–water partition coefficient (Wildman–Crippen LogP) is 1.30. The number of hydrogen-bond donors (Lipinski definition) is 1. The molecule has 0 amide bonds. The van der Waals surface area contributed by atoms with Gasteiger partial charge in [0.2, 0.25) is 0 Å². The van der Waals surface area contributed by atoms with Gasteiger partial charge in [0, 0.05) is 12.2 Å². The number of nitrogens with two attached hydrogens (primary N) is 1. The van der Waals surface area contributed by atoms with Crippen molar-refractivity contribution in [3.63, 3.8) is 0 Å². The molecule has 4 nitrogen and oxygen atoms in total. The molecule has 0 aromatic heterocycles. The largest absolute Gasteiger partial charge is 0.461 e. The summed E-state index contributed by atoms with van der Waals surface area (Å²) in [6.07, 6.45) is 0. The summed E-state index contributed by atoms with van der Waals surface area (Å²) in [5.41, 5.74) is 7.79. The van der Waals surface area contributed by atoms with Crippen LogP contribution in [0.1, 0.15) is 15.9 Å². The van der Waals surface area contributed by atoms with Crippen molar-refractivity contribution in [1.29, 1.82) is 0 Å². The van der Waals surface area contributed by atoms with Gasteiger partial charge in [-0.1, -0.05) is 0 Å². The van der Waals surface area contributed by atoms with Crippen LogP contribution in [-0.2, 0) is 4.74 Å². The summed E-state index contributed by atoms with van der Waals surface area (Å²) in [7, 11) is 3.86. The van der Waals surface area contributed by atoms with Crippen LogP contribution in [0.15, 0.2) is 18.2 Å². The Morgan fingerprint density at radius 3 is 2.69 bits per heavy atom. The fourth-order valence-corrected chi connectivity index (χ4v) is 1.21. The summed E-state index contributed by atoms with van der Waals surface area (Å²) in [4.78, 5) is 13.6. The van der Waals surface area contributed by atoms with E-state index in [0.29, 0.717) is 17.9 Å². The Morgan fingerprint density at radius 2 is 2.12 bits per heavy atom. The summed E-state index contributed by atoms with van der Waals surface area (Å²) in [5.74, 6) is -0.301. The smallest absolute Gasteiger partial charge is 0.338 e. The molecule has 16 heavy (non-hydrogen) atoms. The Hall–Kier alpha value is -1.55. The highest BCUT2D eigenvalue weighted by Crippen LogP contribution is 2.13. The molecule has 0 saturated heterocycles. The molecule has 0 unspecified atom stereocenters. The lowest BCUT2D eigenvalue weighted by atomic mass is 10.1. The van der Waals surface area contributed by atoms with Crippen LogP contribution in [-0.4, -0.2) is 38.1 Å². The Labute approximate surface area is 96.0 Å². The second kappa shape index (κ2) is 5.51. The van der Waals surface area contributed by atoms with Crippen molar-refractivity contribution in [3.8, 4) is 0 Å². The van der Waals surface area contributed by atoms with Crippen LogP contribution >= 0.6 is 0 Å². The van der Waals surface area contributed by atoms with Crippen molar-refractivity contribution in [2.75, 3.05) is 33.0 Å². The summed E-state index contributed by atoms with van der Waals surface area (Å²) in [6, 6.07) is 5.14. The van der Waals surface area contributed by atoms with E-state index in [4.69, 9.17) is 10.5 Å². The van der Waals surface area contributed by atoms with Crippen LogP contribution in [0.4, 0.5) is 5.69 Å². The van der Waals surface area contributed by atoms with E-state index in [0.717, 1.165) is 12.1 Å². The summed E-state index contributed by atoms with van der Waals surface area (Å²) < 4.78 is 5.11. The number of esters is 1. The maximum Gasteiger partial charge on any atom is 0.338 e. The van der Waals surface area contributed by atoms with Gasteiger partial charge in [-0.05, 0) is 44.8 Å². The number of carbonyl (C=O) groups excluding carboxylic acids is 1. The van der Waals surface area contributed by atoms with E-state index < -0.39 is 0 Å². The normalized spacial score (nSPS) is 10.5. The molecule has 1 aromatic rings. The lowest BCUT2D eigenvalue weighted by molar-refractivity contribution is 0.0482. The second-order valence-corrected chi connectivity index (χ2v) is 4.01. The van der Waals surface area contributed by atoms with Crippen molar-refractivity contribution in [1.82, 2.24) is 4.90 Å². The van der Waals surface area contributed by atoms with Gasteiger partial charge in [-0.25, -0.2) is 4.79 Å². The van der Waals surface area contributed by atoms with E-state index in [-0.39, 0.29) is 5.97 Å². The van der Waals surface area contributed by atoms with Gasteiger partial charge in [-0.2, -0.15) is 0 Å². The molecule has 88 valence electrons. The van der Waals surface area contributed by atoms with E-state index in [1.165, 1.54) is 0 Å². The Bertz CT molecular complexity index is 375. The van der Waals surface area contributed by atoms with E-state index in [1.54, 1.807) is 18.2 Å². The molecule has 2 N–H and O–H groups in total. The second-order valence-electron chi connectivity index (χ2n) is 4.01. The van der Waals surface area contributed by atoms with Gasteiger partial charge in [-0.3, -0.25) is 0 Å². The first kappa shape index (κ1) is 12.5. The lowest BCUT2D eigenvalue weighted by Gasteiger charge is -2.10. The van der Waals surface area contributed by atoms with Crippen LogP contribution in [0, 0.1) is 6.92 Å². The maximum atomic E-state index is 11.6. The van der Waals surface area contributed by atoms with Crippen molar-refractivity contribution >= 4 is 11.7 Å². The highest BCUT2D eigenvalue weighted by Gasteiger charge is 2.07. The molecule has 1 aromatic carbocycles. The summed E-state index contributed by atoms with van der Waals surface area (Å²) >= 11 is 0. The fraction of sp³-hybridized carbons (Fsp3) is 0.417. The number of anilines is 1. The van der Waals surface area contributed by atoms with Crippen molar-refractivity contribution in [2.45, 2.75) is 6.92 Å². The number of hydrogen-bond acceptors (Lipinski definition) is 4. The molecule has 0 bridgehead atoms. The van der Waals surface area contributed by atoms with E-state index in [1.807, 2.05) is 25.9 Å². The SMILES string of the molecule is Cc1cc(C(=O)OCCN(C)C)ccc1N. The number of benzene rings is 1. The van der Waals surface area contributed by atoms with Gasteiger partial charge in [0.1, 0.15) is 6.61 Å². The molecule has 0 heterocycles. The standard InChI is InChI=1S/C12H18N2O2/c1-9-8-10(4-5-11(9)13)12(15)16-7-6-14(2)3/h4-5,8H,6-7,13H2,1-3H3. The quantitative estimate of drug-likeness (QED) is 0.616. The predicted molar refractivity (Wildman–Crippen MR) is 64.4 cm³/mol. The minimum Gasteiger partial charge on any atom is -0.461 e. The van der Waals surface area contributed by atoms with Crippen LogP contribution < -0.4 is 5.73 Å². The number of ether oxygens (including phenoxy) is 1. The van der Waals surface area contributed by atoms with Gasteiger partial charge < -0.3 is 15.4 Å².